The molecule has 1 nitrogen and oxygen atoms in total. The van der Waals surface area contributed by atoms with Crippen LogP contribution < -0.4 is 0 Å². The van der Waals surface area contributed by atoms with Crippen molar-refractivity contribution in [2.24, 2.45) is 11.8 Å². The Morgan fingerprint density at radius 2 is 1.78 bits per heavy atom. The van der Waals surface area contributed by atoms with Crippen molar-refractivity contribution in [2.45, 2.75) is 24.9 Å². The summed E-state index contributed by atoms with van der Waals surface area (Å²) in [6.07, 6.45) is 3.45. The first kappa shape index (κ1) is 12.5. The first-order chi connectivity index (χ1) is 8.71. The molecule has 0 aromatic heterocycles. The van der Waals surface area contributed by atoms with Crippen molar-refractivity contribution >= 4 is 23.2 Å². The number of halogens is 2. The lowest BCUT2D eigenvalue weighted by Gasteiger charge is -2.60. The number of fused-ring (bicyclic) bond motifs is 2. The van der Waals surface area contributed by atoms with Gasteiger partial charge in [-0.1, -0.05) is 60.0 Å². The fourth-order valence-electron chi connectivity index (χ4n) is 3.88. The lowest BCUT2D eigenvalue weighted by molar-refractivity contribution is -0.161. The molecule has 2 bridgehead atoms. The van der Waals surface area contributed by atoms with Crippen molar-refractivity contribution in [2.75, 3.05) is 7.11 Å². The molecule has 0 heterocycles. The number of benzene rings is 1. The van der Waals surface area contributed by atoms with E-state index in [1.165, 1.54) is 17.6 Å². The highest BCUT2D eigenvalue weighted by Crippen LogP contribution is 2.65. The third kappa shape index (κ3) is 1.51. The monoisotopic (exact) mass is 282 g/mol. The molecular weight excluding hydrogens is 267 g/mol. The molecule has 0 N–H and O–H groups in total. The molecule has 0 amide bonds. The van der Waals surface area contributed by atoms with Gasteiger partial charge in [-0.2, -0.15) is 0 Å². The Balaban J connectivity index is 2.08. The maximum atomic E-state index is 6.04. The fourth-order valence-corrected chi connectivity index (χ4v) is 4.41. The van der Waals surface area contributed by atoms with Crippen molar-refractivity contribution in [3.8, 4) is 0 Å². The molecule has 0 radical (unpaired) electrons. The van der Waals surface area contributed by atoms with Crippen LogP contribution in [0.5, 0.6) is 0 Å². The van der Waals surface area contributed by atoms with Gasteiger partial charge in [0.15, 0.2) is 0 Å². The van der Waals surface area contributed by atoms with E-state index in [2.05, 4.69) is 24.3 Å². The summed E-state index contributed by atoms with van der Waals surface area (Å²) in [6, 6.07) is 10.5. The first-order valence-electron chi connectivity index (χ1n) is 6.37. The fraction of sp³-hybridized carbons (Fsp3) is 0.467. The molecule has 1 unspecified atom stereocenters. The second kappa shape index (κ2) is 4.56. The smallest absolute Gasteiger partial charge is 0.106 e. The van der Waals surface area contributed by atoms with Gasteiger partial charge in [0.1, 0.15) is 10.1 Å². The van der Waals surface area contributed by atoms with Crippen LogP contribution in [0.1, 0.15) is 24.8 Å². The highest BCUT2D eigenvalue weighted by Gasteiger charge is 2.62. The third-order valence-electron chi connectivity index (χ3n) is 4.55. The first-order valence-corrected chi connectivity index (χ1v) is 7.13. The zero-order chi connectivity index (χ0) is 12.8. The summed E-state index contributed by atoms with van der Waals surface area (Å²) in [6.45, 7) is 0. The molecule has 1 aromatic rings. The molecule has 3 heteroatoms. The van der Waals surface area contributed by atoms with Gasteiger partial charge >= 0.3 is 0 Å². The summed E-state index contributed by atoms with van der Waals surface area (Å²) in [5.41, 5.74) is 2.25. The molecule has 0 saturated heterocycles. The van der Waals surface area contributed by atoms with Crippen LogP contribution in [0.3, 0.4) is 0 Å². The van der Waals surface area contributed by atoms with E-state index in [1.807, 2.05) is 6.07 Å². The quantitative estimate of drug-likeness (QED) is 0.767. The highest BCUT2D eigenvalue weighted by molar-refractivity contribution is 6.56. The van der Waals surface area contributed by atoms with Gasteiger partial charge in [0, 0.05) is 18.9 Å². The van der Waals surface area contributed by atoms with Crippen LogP contribution in [-0.4, -0.2) is 7.11 Å². The number of ether oxygens (including phenoxy) is 1. The second-order valence-corrected chi connectivity index (χ2v) is 6.06. The second-order valence-electron chi connectivity index (χ2n) is 5.12. The molecule has 0 aliphatic heterocycles. The van der Waals surface area contributed by atoms with Gasteiger partial charge in [-0.25, -0.2) is 0 Å². The summed E-state index contributed by atoms with van der Waals surface area (Å²) in [7, 11) is 1.80. The van der Waals surface area contributed by atoms with Crippen molar-refractivity contribution < 1.29 is 4.74 Å². The number of rotatable bonds is 2. The van der Waals surface area contributed by atoms with E-state index in [4.69, 9.17) is 27.9 Å². The van der Waals surface area contributed by atoms with Crippen LogP contribution in [0.15, 0.2) is 40.4 Å². The third-order valence-corrected chi connectivity index (χ3v) is 4.99. The lowest BCUT2D eigenvalue weighted by Crippen LogP contribution is -2.58. The van der Waals surface area contributed by atoms with E-state index in [0.29, 0.717) is 16.3 Å². The lowest BCUT2D eigenvalue weighted by atomic mass is 9.49. The van der Waals surface area contributed by atoms with E-state index in [9.17, 15) is 0 Å². The predicted octanol–water partition coefficient (Wildman–Crippen LogP) is 4.65. The summed E-state index contributed by atoms with van der Waals surface area (Å²) >= 11 is 12.1. The Hall–Kier alpha value is -0.500. The van der Waals surface area contributed by atoms with Crippen LogP contribution in [0.4, 0.5) is 0 Å². The summed E-state index contributed by atoms with van der Waals surface area (Å²) in [5, 5.41) is 0. The van der Waals surface area contributed by atoms with Crippen molar-refractivity contribution in [1.82, 2.24) is 0 Å². The Labute approximate surface area is 118 Å². The highest BCUT2D eigenvalue weighted by atomic mass is 35.5. The van der Waals surface area contributed by atoms with Crippen molar-refractivity contribution in [3.63, 3.8) is 0 Å². The number of hydrogen-bond donors (Lipinski definition) is 0. The molecule has 96 valence electrons. The SMILES string of the molecule is COC1(c2ccccc2)[C@@H]2CCC[C@H]1C2=C(Cl)Cl. The molecule has 2 saturated carbocycles. The van der Waals surface area contributed by atoms with Crippen LogP contribution in [0.2, 0.25) is 0 Å². The van der Waals surface area contributed by atoms with Gasteiger partial charge in [-0.05, 0) is 24.0 Å². The normalized spacial score (nSPS) is 34.1. The molecule has 2 aliphatic rings. The van der Waals surface area contributed by atoms with Crippen molar-refractivity contribution in [3.05, 3.63) is 46.0 Å². The van der Waals surface area contributed by atoms with E-state index >= 15 is 0 Å². The maximum Gasteiger partial charge on any atom is 0.106 e. The molecule has 3 atom stereocenters. The molecule has 2 fully saturated rings. The summed E-state index contributed by atoms with van der Waals surface area (Å²) in [5.74, 6) is 0.683. The Kier molecular flexibility index (Phi) is 3.17. The van der Waals surface area contributed by atoms with Crippen LogP contribution in [0, 0.1) is 11.8 Å². The number of methoxy groups -OCH3 is 1. The predicted molar refractivity (Wildman–Crippen MR) is 74.7 cm³/mol. The minimum atomic E-state index is -0.204. The summed E-state index contributed by atoms with van der Waals surface area (Å²) < 4.78 is 6.41. The summed E-state index contributed by atoms with van der Waals surface area (Å²) in [4.78, 5) is 0. The van der Waals surface area contributed by atoms with Crippen LogP contribution >= 0.6 is 23.2 Å². The zero-order valence-corrected chi connectivity index (χ0v) is 11.8. The molecule has 18 heavy (non-hydrogen) atoms. The van der Waals surface area contributed by atoms with Crippen LogP contribution in [0.25, 0.3) is 0 Å². The Bertz CT molecular complexity index is 463. The van der Waals surface area contributed by atoms with Gasteiger partial charge in [0.2, 0.25) is 0 Å². The van der Waals surface area contributed by atoms with E-state index in [-0.39, 0.29) is 5.60 Å². The average Bonchev–Trinajstić information content (AvgIpc) is 2.41. The van der Waals surface area contributed by atoms with E-state index < -0.39 is 0 Å². The van der Waals surface area contributed by atoms with Gasteiger partial charge in [-0.15, -0.1) is 0 Å². The largest absolute Gasteiger partial charge is 0.372 e. The Morgan fingerprint density at radius 1 is 1.17 bits per heavy atom. The minimum Gasteiger partial charge on any atom is -0.372 e. The molecular formula is C15H16Cl2O. The zero-order valence-electron chi connectivity index (χ0n) is 10.3. The minimum absolute atomic E-state index is 0.204. The maximum absolute atomic E-state index is 6.04. The van der Waals surface area contributed by atoms with E-state index in [1.54, 1.807) is 7.11 Å². The topological polar surface area (TPSA) is 9.23 Å². The molecule has 3 rings (SSSR count). The standard InChI is InChI=1S/C15H16Cl2O/c1-18-15(10-6-3-2-4-7-10)11-8-5-9-12(15)13(11)14(16)17/h2-4,6-7,11-12H,5,8-9H2,1H3/t11-,12+,15?. The van der Waals surface area contributed by atoms with Gasteiger partial charge in [0.25, 0.3) is 0 Å². The van der Waals surface area contributed by atoms with Gasteiger partial charge < -0.3 is 4.74 Å². The van der Waals surface area contributed by atoms with Gasteiger partial charge in [-0.3, -0.25) is 0 Å². The molecule has 1 aromatic carbocycles. The van der Waals surface area contributed by atoms with Gasteiger partial charge in [0.05, 0.1) is 0 Å². The Morgan fingerprint density at radius 3 is 2.28 bits per heavy atom. The van der Waals surface area contributed by atoms with Crippen LogP contribution in [-0.2, 0) is 10.3 Å². The molecule has 0 spiro atoms. The molecule has 2 aliphatic carbocycles. The van der Waals surface area contributed by atoms with E-state index in [0.717, 1.165) is 12.8 Å². The number of hydrogen-bond acceptors (Lipinski definition) is 1. The average molecular weight is 283 g/mol. The van der Waals surface area contributed by atoms with Crippen molar-refractivity contribution in [1.29, 1.82) is 0 Å².